The predicted molar refractivity (Wildman–Crippen MR) is 157 cm³/mol. The summed E-state index contributed by atoms with van der Waals surface area (Å²) in [5.41, 5.74) is 7.48. The average molecular weight is 699 g/mol. The van der Waals surface area contributed by atoms with Crippen molar-refractivity contribution in [3.05, 3.63) is 48.9 Å². The number of benzene rings is 1. The first kappa shape index (κ1) is 37.1. The van der Waals surface area contributed by atoms with Gasteiger partial charge in [0.1, 0.15) is 42.8 Å². The first-order chi connectivity index (χ1) is 23.0. The normalized spacial score (nSPS) is 30.6. The Balaban J connectivity index is 1.68. The number of ether oxygens (including phenoxy) is 8. The second-order valence-corrected chi connectivity index (χ2v) is 11.5. The van der Waals surface area contributed by atoms with Crippen molar-refractivity contribution < 1.29 is 67.2 Å². The van der Waals surface area contributed by atoms with Crippen LogP contribution < -0.4 is 5.32 Å². The monoisotopic (exact) mass is 698 g/mol. The van der Waals surface area contributed by atoms with Crippen LogP contribution in [-0.4, -0.2) is 113 Å². The first-order valence-electron chi connectivity index (χ1n) is 14.7. The van der Waals surface area contributed by atoms with Crippen LogP contribution in [0.2, 0.25) is 0 Å². The SMILES string of the molecule is CC(=O)OC[C@H]1O[C@H](OCC(O)[C@H]2O[C@@H]3OC(C)(C)O[C@@H]3[C@H]2N=[N+]=[N-])[C@H](OC(C)=O)[C@@H](Nc2ccc([N+](=O)[O-])cc2[N+](=O)[O-])[C@@H]1OC(C)=O. The van der Waals surface area contributed by atoms with Crippen molar-refractivity contribution in [1.82, 2.24) is 0 Å². The fourth-order valence-corrected chi connectivity index (χ4v) is 5.61. The van der Waals surface area contributed by atoms with Crippen molar-refractivity contribution in [2.45, 2.75) is 102 Å². The maximum absolute atomic E-state index is 12.3. The molecule has 22 heteroatoms. The third kappa shape index (κ3) is 8.86. The van der Waals surface area contributed by atoms with Gasteiger partial charge in [-0.15, -0.1) is 0 Å². The third-order valence-corrected chi connectivity index (χ3v) is 7.47. The molecule has 22 nitrogen and oxygen atoms in total. The molecule has 10 atom stereocenters. The Hall–Kier alpha value is -4.70. The third-order valence-electron chi connectivity index (χ3n) is 7.47. The van der Waals surface area contributed by atoms with E-state index in [4.69, 9.17) is 43.4 Å². The molecule has 3 aliphatic heterocycles. The van der Waals surface area contributed by atoms with E-state index in [1.807, 2.05) is 0 Å². The van der Waals surface area contributed by atoms with Crippen LogP contribution in [0.4, 0.5) is 17.1 Å². The van der Waals surface area contributed by atoms with E-state index >= 15 is 0 Å². The smallest absolute Gasteiger partial charge is 0.303 e. The number of nitro groups is 2. The lowest BCUT2D eigenvalue weighted by Gasteiger charge is -2.45. The molecule has 0 saturated carbocycles. The number of aliphatic hydroxyl groups excluding tert-OH is 1. The quantitative estimate of drug-likeness (QED) is 0.0559. The van der Waals surface area contributed by atoms with E-state index in [9.17, 15) is 39.7 Å². The van der Waals surface area contributed by atoms with Crippen LogP contribution in [0.3, 0.4) is 0 Å². The van der Waals surface area contributed by atoms with E-state index in [1.54, 1.807) is 13.8 Å². The number of nitrogens with zero attached hydrogens (tertiary/aromatic N) is 5. The summed E-state index contributed by atoms with van der Waals surface area (Å²) in [5.74, 6) is -3.59. The van der Waals surface area contributed by atoms with Crippen LogP contribution in [0.15, 0.2) is 23.3 Å². The van der Waals surface area contributed by atoms with Gasteiger partial charge < -0.3 is 48.3 Å². The van der Waals surface area contributed by atoms with Gasteiger partial charge in [0.05, 0.1) is 28.6 Å². The molecule has 0 radical (unpaired) electrons. The van der Waals surface area contributed by atoms with E-state index in [0.29, 0.717) is 6.07 Å². The highest BCUT2D eigenvalue weighted by Crippen LogP contribution is 2.40. The highest BCUT2D eigenvalue weighted by atomic mass is 16.8. The number of fused-ring (bicyclic) bond motifs is 1. The van der Waals surface area contributed by atoms with Gasteiger partial charge in [0.25, 0.3) is 11.4 Å². The molecule has 1 aromatic carbocycles. The summed E-state index contributed by atoms with van der Waals surface area (Å²) < 4.78 is 45.1. The van der Waals surface area contributed by atoms with E-state index < -0.39 is 119 Å². The lowest BCUT2D eigenvalue weighted by Crippen LogP contribution is -2.64. The number of hydrogen-bond acceptors (Lipinski definition) is 18. The number of rotatable bonds is 13. The summed E-state index contributed by atoms with van der Waals surface area (Å²) >= 11 is 0. The number of carbonyl (C=O) groups is 3. The van der Waals surface area contributed by atoms with E-state index in [0.717, 1.165) is 32.9 Å². The number of non-ortho nitro benzene ring substituents is 1. The van der Waals surface area contributed by atoms with Crippen LogP contribution in [0.5, 0.6) is 0 Å². The number of carbonyl (C=O) groups excluding carboxylic acids is 3. The Morgan fingerprint density at radius 1 is 1.06 bits per heavy atom. The first-order valence-corrected chi connectivity index (χ1v) is 14.7. The summed E-state index contributed by atoms with van der Waals surface area (Å²) in [5, 5.41) is 40.8. The van der Waals surface area contributed by atoms with Gasteiger partial charge in [-0.1, -0.05) is 5.11 Å². The molecule has 49 heavy (non-hydrogen) atoms. The van der Waals surface area contributed by atoms with Crippen molar-refractivity contribution in [3.8, 4) is 0 Å². The number of anilines is 1. The lowest BCUT2D eigenvalue weighted by molar-refractivity contribution is -0.393. The molecule has 1 unspecified atom stereocenters. The molecule has 0 aromatic heterocycles. The van der Waals surface area contributed by atoms with Crippen molar-refractivity contribution in [1.29, 1.82) is 0 Å². The molecule has 3 saturated heterocycles. The number of aliphatic hydroxyl groups is 1. The highest BCUT2D eigenvalue weighted by molar-refractivity contribution is 5.69. The Kier molecular flexibility index (Phi) is 11.5. The molecule has 268 valence electrons. The molecular weight excluding hydrogens is 664 g/mol. The minimum Gasteiger partial charge on any atom is -0.463 e. The topological polar surface area (TPSA) is 292 Å². The molecule has 3 fully saturated rings. The molecule has 0 amide bonds. The number of azide groups is 1. The van der Waals surface area contributed by atoms with Crippen LogP contribution in [0.25, 0.3) is 10.4 Å². The van der Waals surface area contributed by atoms with E-state index in [-0.39, 0.29) is 5.69 Å². The minimum atomic E-state index is -1.65. The van der Waals surface area contributed by atoms with Gasteiger partial charge in [-0.05, 0) is 25.4 Å². The van der Waals surface area contributed by atoms with Gasteiger partial charge in [-0.25, -0.2) is 0 Å². The van der Waals surface area contributed by atoms with Gasteiger partial charge in [0.15, 0.2) is 30.6 Å². The largest absolute Gasteiger partial charge is 0.463 e. The average Bonchev–Trinajstić information content (AvgIpc) is 3.48. The summed E-state index contributed by atoms with van der Waals surface area (Å²) in [6, 6.07) is 0.177. The lowest BCUT2D eigenvalue weighted by atomic mass is 9.94. The zero-order chi connectivity index (χ0) is 36.2. The maximum atomic E-state index is 12.3. The molecule has 0 spiro atoms. The number of nitrogens with one attached hydrogen (secondary N) is 1. The van der Waals surface area contributed by atoms with Crippen molar-refractivity contribution in [2.24, 2.45) is 5.11 Å². The summed E-state index contributed by atoms with van der Waals surface area (Å²) in [6.45, 7) is 5.23. The molecule has 4 rings (SSSR count). The number of esters is 3. The summed E-state index contributed by atoms with van der Waals surface area (Å²) in [6.07, 6.45) is -10.7. The summed E-state index contributed by atoms with van der Waals surface area (Å²) in [7, 11) is 0. The molecule has 3 aliphatic rings. The van der Waals surface area contributed by atoms with Gasteiger partial charge in [0, 0.05) is 31.7 Å². The zero-order valence-corrected chi connectivity index (χ0v) is 26.7. The van der Waals surface area contributed by atoms with Crippen molar-refractivity contribution in [3.63, 3.8) is 0 Å². The minimum absolute atomic E-state index is 0.312. The fourth-order valence-electron chi connectivity index (χ4n) is 5.61. The van der Waals surface area contributed by atoms with Crippen molar-refractivity contribution >= 4 is 35.0 Å². The Bertz CT molecular complexity index is 1500. The number of nitro benzene ring substituents is 2. The fraction of sp³-hybridized carbons (Fsp3) is 0.667. The maximum Gasteiger partial charge on any atom is 0.303 e. The number of hydrogen-bond donors (Lipinski definition) is 2. The van der Waals surface area contributed by atoms with Gasteiger partial charge in [-0.2, -0.15) is 0 Å². The Morgan fingerprint density at radius 2 is 1.73 bits per heavy atom. The molecule has 2 N–H and O–H groups in total. The van der Waals surface area contributed by atoms with Crippen LogP contribution in [-0.2, 0) is 52.3 Å². The van der Waals surface area contributed by atoms with E-state index in [1.165, 1.54) is 0 Å². The second-order valence-electron chi connectivity index (χ2n) is 11.5. The van der Waals surface area contributed by atoms with Crippen LogP contribution >= 0.6 is 0 Å². The second kappa shape index (κ2) is 15.2. The molecule has 3 heterocycles. The Labute approximate surface area is 276 Å². The molecule has 0 aliphatic carbocycles. The van der Waals surface area contributed by atoms with Crippen molar-refractivity contribution in [2.75, 3.05) is 18.5 Å². The van der Waals surface area contributed by atoms with Gasteiger partial charge >= 0.3 is 17.9 Å². The molecule has 0 bridgehead atoms. The van der Waals surface area contributed by atoms with Gasteiger partial charge in [-0.3, -0.25) is 34.6 Å². The standard InChI is InChI=1S/C27H34N6O16/c1-11(34)42-10-18-22(44-12(2)35)19(29-15-7-6-14(32(38)39)8-16(15)33(40)41)23(45-13(3)36)25(46-18)43-9-17(37)21-20(30-31-28)24-26(47-21)49-27(4,5)48-24/h6-8,17-26,29,37H,9-10H2,1-5H3/t17?,18-,19+,20+,21-,22-,23-,24-,25+,26-/m1/s1. The van der Waals surface area contributed by atoms with E-state index in [2.05, 4.69) is 15.3 Å². The van der Waals surface area contributed by atoms with Crippen LogP contribution in [0, 0.1) is 20.2 Å². The predicted octanol–water partition coefficient (Wildman–Crippen LogP) is 1.37. The zero-order valence-electron chi connectivity index (χ0n) is 26.7. The molecule has 1 aromatic rings. The highest BCUT2D eigenvalue weighted by Gasteiger charge is 2.57. The van der Waals surface area contributed by atoms with Crippen LogP contribution in [0.1, 0.15) is 34.6 Å². The Morgan fingerprint density at radius 3 is 2.33 bits per heavy atom. The molecular formula is C27H34N6O16. The summed E-state index contributed by atoms with van der Waals surface area (Å²) in [4.78, 5) is 60.6. The van der Waals surface area contributed by atoms with Gasteiger partial charge in [0.2, 0.25) is 0 Å².